The average molecular weight is 529 g/mol. The lowest BCUT2D eigenvalue weighted by atomic mass is 9.99. The summed E-state index contributed by atoms with van der Waals surface area (Å²) in [5, 5.41) is 3.89. The van der Waals surface area contributed by atoms with Crippen LogP contribution in [0.2, 0.25) is 5.02 Å². The summed E-state index contributed by atoms with van der Waals surface area (Å²) < 4.78 is 5.54. The summed E-state index contributed by atoms with van der Waals surface area (Å²) in [5.74, 6) is 1.04. The summed E-state index contributed by atoms with van der Waals surface area (Å²) in [7, 11) is 0. The van der Waals surface area contributed by atoms with E-state index in [0.29, 0.717) is 34.7 Å². The van der Waals surface area contributed by atoms with Gasteiger partial charge >= 0.3 is 0 Å². The first-order valence-electron chi connectivity index (χ1n) is 12.5. The molecule has 0 unspecified atom stereocenters. The number of thiocarbonyl (C=S) groups is 1. The Morgan fingerprint density at radius 2 is 1.75 bits per heavy atom. The van der Waals surface area contributed by atoms with Crippen LogP contribution in [0.15, 0.2) is 48.5 Å². The highest BCUT2D eigenvalue weighted by molar-refractivity contribution is 7.80. The molecule has 2 aromatic carbocycles. The standard InChI is InChI=1S/C27H33ClN4O3S/c1-3-35-23-10-8-22(9-11-23)32-26(34)24(18-25(33)29-21-6-4-20(28)5-7-21)31(27(32)36)17-16-30-14-12-19(2)13-15-30/h4-11,19,24H,3,12-18H2,1-2H3,(H,29,33)/t24-/m0/s1. The summed E-state index contributed by atoms with van der Waals surface area (Å²) in [6.45, 7) is 8.25. The molecule has 0 bridgehead atoms. The minimum atomic E-state index is -0.667. The van der Waals surface area contributed by atoms with Gasteiger partial charge in [-0.15, -0.1) is 0 Å². The molecule has 2 amide bonds. The second kappa shape index (κ2) is 12.0. The van der Waals surface area contributed by atoms with E-state index < -0.39 is 6.04 Å². The number of carbonyl (C=O) groups excluding carboxylic acids is 2. The van der Waals surface area contributed by atoms with Crippen molar-refractivity contribution in [1.82, 2.24) is 9.80 Å². The van der Waals surface area contributed by atoms with Gasteiger partial charge in [-0.1, -0.05) is 18.5 Å². The Morgan fingerprint density at radius 3 is 2.39 bits per heavy atom. The van der Waals surface area contributed by atoms with E-state index in [0.717, 1.165) is 31.3 Å². The number of halogens is 1. The van der Waals surface area contributed by atoms with Crippen molar-refractivity contribution in [3.05, 3.63) is 53.6 Å². The molecule has 2 aliphatic heterocycles. The summed E-state index contributed by atoms with van der Waals surface area (Å²) in [5.41, 5.74) is 1.31. The molecule has 0 aliphatic carbocycles. The van der Waals surface area contributed by atoms with Crippen LogP contribution in [0.1, 0.15) is 33.1 Å². The van der Waals surface area contributed by atoms with E-state index in [-0.39, 0.29) is 18.2 Å². The fourth-order valence-corrected chi connectivity index (χ4v) is 5.18. The number of amides is 2. The normalized spacial score (nSPS) is 19.1. The molecule has 0 saturated carbocycles. The molecule has 0 aromatic heterocycles. The third kappa shape index (κ3) is 6.35. The Bertz CT molecular complexity index is 1070. The van der Waals surface area contributed by atoms with Crippen LogP contribution in [-0.2, 0) is 9.59 Å². The predicted molar refractivity (Wildman–Crippen MR) is 148 cm³/mol. The van der Waals surface area contributed by atoms with Crippen molar-refractivity contribution in [3.8, 4) is 5.75 Å². The van der Waals surface area contributed by atoms with Crippen LogP contribution >= 0.6 is 23.8 Å². The number of nitrogens with one attached hydrogen (secondary N) is 1. The molecule has 1 N–H and O–H groups in total. The maximum atomic E-state index is 13.6. The number of likely N-dealkylation sites (tertiary alicyclic amines) is 1. The topological polar surface area (TPSA) is 65.1 Å². The fourth-order valence-electron chi connectivity index (χ4n) is 4.64. The number of hydrogen-bond donors (Lipinski definition) is 1. The van der Waals surface area contributed by atoms with Crippen molar-refractivity contribution < 1.29 is 14.3 Å². The van der Waals surface area contributed by atoms with Crippen molar-refractivity contribution in [3.63, 3.8) is 0 Å². The van der Waals surface area contributed by atoms with Gasteiger partial charge in [0.25, 0.3) is 5.91 Å². The molecular weight excluding hydrogens is 496 g/mol. The average Bonchev–Trinajstić information content (AvgIpc) is 3.09. The van der Waals surface area contributed by atoms with Gasteiger partial charge in [-0.05, 0) is 99.5 Å². The first-order valence-corrected chi connectivity index (χ1v) is 13.3. The van der Waals surface area contributed by atoms with Gasteiger partial charge in [-0.3, -0.25) is 14.5 Å². The number of piperidine rings is 1. The first-order chi connectivity index (χ1) is 17.4. The first kappa shape index (κ1) is 26.4. The van der Waals surface area contributed by atoms with Gasteiger partial charge in [0, 0.05) is 23.8 Å². The summed E-state index contributed by atoms with van der Waals surface area (Å²) >= 11 is 11.8. The smallest absolute Gasteiger partial charge is 0.256 e. The zero-order chi connectivity index (χ0) is 25.7. The molecule has 2 aromatic rings. The fraction of sp³-hybridized carbons (Fsp3) is 0.444. The number of hydrogen-bond acceptors (Lipinski definition) is 5. The Labute approximate surface area is 223 Å². The van der Waals surface area contributed by atoms with Crippen molar-refractivity contribution >= 4 is 52.1 Å². The quantitative estimate of drug-likeness (QED) is 0.472. The predicted octanol–water partition coefficient (Wildman–Crippen LogP) is 4.80. The number of ether oxygens (including phenoxy) is 1. The summed E-state index contributed by atoms with van der Waals surface area (Å²) in [6, 6.07) is 13.6. The molecule has 1 atom stereocenters. The highest BCUT2D eigenvalue weighted by Gasteiger charge is 2.44. The Hall–Kier alpha value is -2.68. The lowest BCUT2D eigenvalue weighted by molar-refractivity contribution is -0.124. The van der Waals surface area contributed by atoms with Gasteiger partial charge in [0.2, 0.25) is 5.91 Å². The maximum absolute atomic E-state index is 13.6. The third-order valence-electron chi connectivity index (χ3n) is 6.76. The number of rotatable bonds is 9. The molecular formula is C27H33ClN4O3S. The molecule has 0 spiro atoms. The van der Waals surface area contributed by atoms with Gasteiger partial charge in [0.15, 0.2) is 5.11 Å². The van der Waals surface area contributed by atoms with E-state index >= 15 is 0 Å². The maximum Gasteiger partial charge on any atom is 0.256 e. The van der Waals surface area contributed by atoms with Crippen molar-refractivity contribution in [1.29, 1.82) is 0 Å². The number of benzene rings is 2. The van der Waals surface area contributed by atoms with Gasteiger partial charge in [0.1, 0.15) is 11.8 Å². The molecule has 7 nitrogen and oxygen atoms in total. The molecule has 2 saturated heterocycles. The molecule has 2 fully saturated rings. The summed E-state index contributed by atoms with van der Waals surface area (Å²) in [4.78, 5) is 32.4. The van der Waals surface area contributed by atoms with Crippen LogP contribution in [-0.4, -0.2) is 65.6 Å². The van der Waals surface area contributed by atoms with Gasteiger partial charge in [0.05, 0.1) is 18.7 Å². The zero-order valence-corrected chi connectivity index (χ0v) is 22.4. The number of anilines is 2. The van der Waals surface area contributed by atoms with Gasteiger partial charge in [-0.25, -0.2) is 0 Å². The van der Waals surface area contributed by atoms with E-state index in [1.807, 2.05) is 36.1 Å². The Kier molecular flexibility index (Phi) is 8.82. The minimum absolute atomic E-state index is 0.00611. The van der Waals surface area contributed by atoms with Crippen molar-refractivity contribution in [2.45, 2.75) is 39.2 Å². The zero-order valence-electron chi connectivity index (χ0n) is 20.8. The minimum Gasteiger partial charge on any atom is -0.494 e. The van der Waals surface area contributed by atoms with Crippen LogP contribution in [0.3, 0.4) is 0 Å². The second-order valence-electron chi connectivity index (χ2n) is 9.38. The van der Waals surface area contributed by atoms with E-state index in [1.54, 1.807) is 29.2 Å². The van der Waals surface area contributed by atoms with Crippen LogP contribution in [0.25, 0.3) is 0 Å². The molecule has 2 aliphatic rings. The van der Waals surface area contributed by atoms with Crippen molar-refractivity contribution in [2.75, 3.05) is 43.0 Å². The van der Waals surface area contributed by atoms with Crippen LogP contribution in [0, 0.1) is 5.92 Å². The van der Waals surface area contributed by atoms with Crippen LogP contribution in [0.4, 0.5) is 11.4 Å². The number of carbonyl (C=O) groups is 2. The van der Waals surface area contributed by atoms with E-state index in [9.17, 15) is 9.59 Å². The van der Waals surface area contributed by atoms with Crippen LogP contribution < -0.4 is 15.0 Å². The third-order valence-corrected chi connectivity index (χ3v) is 7.43. The van der Waals surface area contributed by atoms with Gasteiger partial charge < -0.3 is 19.9 Å². The van der Waals surface area contributed by atoms with Gasteiger partial charge in [-0.2, -0.15) is 0 Å². The molecule has 36 heavy (non-hydrogen) atoms. The largest absolute Gasteiger partial charge is 0.494 e. The highest BCUT2D eigenvalue weighted by atomic mass is 35.5. The number of nitrogens with zero attached hydrogens (tertiary/aromatic N) is 3. The van der Waals surface area contributed by atoms with E-state index in [2.05, 4.69) is 17.1 Å². The van der Waals surface area contributed by atoms with Crippen LogP contribution in [0.5, 0.6) is 5.75 Å². The highest BCUT2D eigenvalue weighted by Crippen LogP contribution is 2.29. The second-order valence-corrected chi connectivity index (χ2v) is 10.2. The Balaban J connectivity index is 1.50. The SMILES string of the molecule is CCOc1ccc(N2C(=O)[C@H](CC(=O)Nc3ccc(Cl)cc3)N(CCN3CCC(C)CC3)C2=S)cc1. The van der Waals surface area contributed by atoms with Crippen molar-refractivity contribution in [2.24, 2.45) is 5.92 Å². The lowest BCUT2D eigenvalue weighted by Gasteiger charge is -2.32. The molecule has 192 valence electrons. The monoisotopic (exact) mass is 528 g/mol. The lowest BCUT2D eigenvalue weighted by Crippen LogP contribution is -2.44. The summed E-state index contributed by atoms with van der Waals surface area (Å²) in [6.07, 6.45) is 2.36. The Morgan fingerprint density at radius 1 is 1.08 bits per heavy atom. The van der Waals surface area contributed by atoms with E-state index in [1.165, 1.54) is 12.8 Å². The molecule has 2 heterocycles. The molecule has 4 rings (SSSR count). The van der Waals surface area contributed by atoms with E-state index in [4.69, 9.17) is 28.6 Å². The molecule has 9 heteroatoms. The molecule has 0 radical (unpaired) electrons.